The van der Waals surface area contributed by atoms with Crippen LogP contribution < -0.4 is 10.1 Å². The number of carbonyl (C=O) groups is 2. The number of carbonyl (C=O) groups excluding carboxylic acids is 1. The Bertz CT molecular complexity index is 485. The van der Waals surface area contributed by atoms with Crippen LogP contribution in [0.1, 0.15) is 36.5 Å². The fraction of sp³-hybridized carbons (Fsp3) is 0.462. The van der Waals surface area contributed by atoms with E-state index in [4.69, 9.17) is 9.84 Å². The molecule has 0 radical (unpaired) electrons. The molecule has 1 aliphatic rings. The van der Waals surface area contributed by atoms with E-state index in [1.165, 1.54) is 25.3 Å². The Labute approximate surface area is 110 Å². The zero-order valence-corrected chi connectivity index (χ0v) is 10.6. The summed E-state index contributed by atoms with van der Waals surface area (Å²) < 4.78 is 5.59. The van der Waals surface area contributed by atoms with Gasteiger partial charge in [0.05, 0.1) is 0 Å². The van der Waals surface area contributed by atoms with Gasteiger partial charge in [0.15, 0.2) is 0 Å². The van der Waals surface area contributed by atoms with Crippen LogP contribution in [0, 0.1) is 0 Å². The minimum absolute atomic E-state index is 0.184. The predicted octanol–water partition coefficient (Wildman–Crippen LogP) is 1.22. The zero-order chi connectivity index (χ0) is 13.8. The Kier molecular flexibility index (Phi) is 3.99. The Hall–Kier alpha value is -2.11. The number of hydrogen-bond donors (Lipinski definition) is 2. The third kappa shape index (κ3) is 3.43. The highest BCUT2D eigenvalue weighted by atomic mass is 16.5. The molecule has 2 N–H and O–H groups in total. The SMILES string of the molecule is C[C@@H](NC(=O)c1ccnc(OC2CCC2)c1)C(=O)O. The van der Waals surface area contributed by atoms with Crippen molar-refractivity contribution in [1.29, 1.82) is 0 Å². The Morgan fingerprint density at radius 2 is 2.26 bits per heavy atom. The molecule has 1 atom stereocenters. The number of rotatable bonds is 5. The normalized spacial score (nSPS) is 16.3. The summed E-state index contributed by atoms with van der Waals surface area (Å²) in [5.41, 5.74) is 0.345. The number of nitrogens with zero attached hydrogens (tertiary/aromatic N) is 1. The minimum Gasteiger partial charge on any atom is -0.480 e. The smallest absolute Gasteiger partial charge is 0.325 e. The first kappa shape index (κ1) is 13.3. The topological polar surface area (TPSA) is 88.5 Å². The third-order valence-electron chi connectivity index (χ3n) is 3.05. The lowest BCUT2D eigenvalue weighted by Crippen LogP contribution is -2.38. The zero-order valence-electron chi connectivity index (χ0n) is 10.6. The minimum atomic E-state index is -1.08. The largest absolute Gasteiger partial charge is 0.480 e. The van der Waals surface area contributed by atoms with E-state index in [9.17, 15) is 9.59 Å². The van der Waals surface area contributed by atoms with Gasteiger partial charge >= 0.3 is 5.97 Å². The highest BCUT2D eigenvalue weighted by molar-refractivity contribution is 5.96. The lowest BCUT2D eigenvalue weighted by Gasteiger charge is -2.25. The van der Waals surface area contributed by atoms with Crippen molar-refractivity contribution in [3.63, 3.8) is 0 Å². The number of aliphatic carboxylic acids is 1. The number of ether oxygens (including phenoxy) is 1. The number of hydrogen-bond acceptors (Lipinski definition) is 4. The molecule has 1 fully saturated rings. The summed E-state index contributed by atoms with van der Waals surface area (Å²) in [5, 5.41) is 11.1. The molecule has 0 bridgehead atoms. The molecule has 19 heavy (non-hydrogen) atoms. The molecule has 0 aromatic carbocycles. The maximum Gasteiger partial charge on any atom is 0.325 e. The predicted molar refractivity (Wildman–Crippen MR) is 67.1 cm³/mol. The molecule has 1 aliphatic carbocycles. The van der Waals surface area contributed by atoms with Crippen molar-refractivity contribution in [1.82, 2.24) is 10.3 Å². The summed E-state index contributed by atoms with van der Waals surface area (Å²) in [7, 11) is 0. The monoisotopic (exact) mass is 264 g/mol. The molecule has 0 saturated heterocycles. The number of carboxylic acids is 1. The van der Waals surface area contributed by atoms with Gasteiger partial charge in [0.2, 0.25) is 5.88 Å². The van der Waals surface area contributed by atoms with Crippen molar-refractivity contribution in [3.05, 3.63) is 23.9 Å². The molecule has 1 aromatic heterocycles. The van der Waals surface area contributed by atoms with Crippen LogP contribution in [-0.4, -0.2) is 34.1 Å². The van der Waals surface area contributed by atoms with E-state index in [-0.39, 0.29) is 6.10 Å². The summed E-state index contributed by atoms with van der Waals surface area (Å²) in [5.74, 6) is -1.12. The van der Waals surface area contributed by atoms with Gasteiger partial charge in [-0.2, -0.15) is 0 Å². The number of nitrogens with one attached hydrogen (secondary N) is 1. The van der Waals surface area contributed by atoms with Crippen LogP contribution in [-0.2, 0) is 4.79 Å². The molecule has 0 aliphatic heterocycles. The van der Waals surface area contributed by atoms with Crippen molar-refractivity contribution in [2.75, 3.05) is 0 Å². The summed E-state index contributed by atoms with van der Waals surface area (Å²) in [6.07, 6.45) is 4.83. The van der Waals surface area contributed by atoms with E-state index in [1.807, 2.05) is 0 Å². The van der Waals surface area contributed by atoms with Crippen molar-refractivity contribution < 1.29 is 19.4 Å². The summed E-state index contributed by atoms with van der Waals surface area (Å²) in [4.78, 5) is 26.5. The first-order valence-corrected chi connectivity index (χ1v) is 6.22. The number of carboxylic acid groups (broad SMARTS) is 1. The van der Waals surface area contributed by atoms with Gasteiger partial charge in [-0.1, -0.05) is 0 Å². The van der Waals surface area contributed by atoms with Gasteiger partial charge in [0, 0.05) is 17.8 Å². The third-order valence-corrected chi connectivity index (χ3v) is 3.05. The molecule has 6 heteroatoms. The molecule has 1 saturated carbocycles. The van der Waals surface area contributed by atoms with Crippen LogP contribution in [0.5, 0.6) is 5.88 Å². The molecule has 1 amide bonds. The van der Waals surface area contributed by atoms with Gasteiger partial charge in [0.25, 0.3) is 5.91 Å². The van der Waals surface area contributed by atoms with Gasteiger partial charge in [-0.05, 0) is 32.3 Å². The van der Waals surface area contributed by atoms with E-state index in [0.29, 0.717) is 11.4 Å². The van der Waals surface area contributed by atoms with Crippen LogP contribution in [0.4, 0.5) is 0 Å². The first-order chi connectivity index (χ1) is 9.06. The second-order valence-corrected chi connectivity index (χ2v) is 4.59. The van der Waals surface area contributed by atoms with Crippen LogP contribution in [0.25, 0.3) is 0 Å². The van der Waals surface area contributed by atoms with E-state index in [1.54, 1.807) is 0 Å². The van der Waals surface area contributed by atoms with E-state index in [0.717, 1.165) is 19.3 Å². The van der Waals surface area contributed by atoms with E-state index >= 15 is 0 Å². The quantitative estimate of drug-likeness (QED) is 0.834. The molecule has 0 spiro atoms. The lowest BCUT2D eigenvalue weighted by atomic mass is 9.96. The molecule has 2 rings (SSSR count). The second-order valence-electron chi connectivity index (χ2n) is 4.59. The molecule has 6 nitrogen and oxygen atoms in total. The number of amides is 1. The van der Waals surface area contributed by atoms with Gasteiger partial charge in [-0.25, -0.2) is 4.98 Å². The molecular weight excluding hydrogens is 248 g/mol. The Morgan fingerprint density at radius 1 is 1.53 bits per heavy atom. The molecule has 102 valence electrons. The highest BCUT2D eigenvalue weighted by Crippen LogP contribution is 2.24. The average Bonchev–Trinajstić information content (AvgIpc) is 2.34. The molecule has 0 unspecified atom stereocenters. The molecular formula is C13H16N2O4. The number of aromatic nitrogens is 1. The van der Waals surface area contributed by atoms with Crippen molar-refractivity contribution in [2.24, 2.45) is 0 Å². The van der Waals surface area contributed by atoms with Gasteiger partial charge < -0.3 is 15.2 Å². The maximum absolute atomic E-state index is 11.8. The first-order valence-electron chi connectivity index (χ1n) is 6.22. The standard InChI is InChI=1S/C13H16N2O4/c1-8(13(17)18)15-12(16)9-5-6-14-11(7-9)19-10-3-2-4-10/h5-8,10H,2-4H2,1H3,(H,15,16)(H,17,18)/t8-/m1/s1. The van der Waals surface area contributed by atoms with Gasteiger partial charge in [-0.3, -0.25) is 9.59 Å². The fourth-order valence-corrected chi connectivity index (χ4v) is 1.62. The summed E-state index contributed by atoms with van der Waals surface area (Å²) in [6, 6.07) is 2.12. The van der Waals surface area contributed by atoms with Crippen LogP contribution in [0.3, 0.4) is 0 Å². The summed E-state index contributed by atoms with van der Waals surface area (Å²) in [6.45, 7) is 1.41. The van der Waals surface area contributed by atoms with Crippen LogP contribution >= 0.6 is 0 Å². The fourth-order valence-electron chi connectivity index (χ4n) is 1.62. The summed E-state index contributed by atoms with van der Waals surface area (Å²) >= 11 is 0. The van der Waals surface area contributed by atoms with Crippen LogP contribution in [0.2, 0.25) is 0 Å². The van der Waals surface area contributed by atoms with Crippen molar-refractivity contribution in [2.45, 2.75) is 38.3 Å². The molecule has 1 aromatic rings. The molecule has 1 heterocycles. The van der Waals surface area contributed by atoms with E-state index in [2.05, 4.69) is 10.3 Å². The number of pyridine rings is 1. The van der Waals surface area contributed by atoms with Crippen LogP contribution in [0.15, 0.2) is 18.3 Å². The van der Waals surface area contributed by atoms with Gasteiger partial charge in [-0.15, -0.1) is 0 Å². The Morgan fingerprint density at radius 3 is 2.84 bits per heavy atom. The average molecular weight is 264 g/mol. The van der Waals surface area contributed by atoms with Crippen molar-refractivity contribution >= 4 is 11.9 Å². The van der Waals surface area contributed by atoms with Gasteiger partial charge in [0.1, 0.15) is 12.1 Å². The maximum atomic E-state index is 11.8. The van der Waals surface area contributed by atoms with E-state index < -0.39 is 17.9 Å². The lowest BCUT2D eigenvalue weighted by molar-refractivity contribution is -0.138. The second kappa shape index (κ2) is 5.69. The van der Waals surface area contributed by atoms with Crippen molar-refractivity contribution in [3.8, 4) is 5.88 Å². The highest BCUT2D eigenvalue weighted by Gasteiger charge is 2.20. The Balaban J connectivity index is 2.00.